The van der Waals surface area contributed by atoms with Crippen molar-refractivity contribution in [3.63, 3.8) is 0 Å². The standard InChI is InChI=1S/C12H19BN2O3/c1-11(2)12(3,4)18-13(17-11)9-5-15-6-10(14)8(9)7-16/h5-6,16H,7,14H2,1-4H3. The zero-order chi connectivity index (χ0) is 13.6. The van der Waals surface area contributed by atoms with Crippen molar-refractivity contribution in [2.75, 3.05) is 5.73 Å². The van der Waals surface area contributed by atoms with E-state index in [4.69, 9.17) is 15.0 Å². The average molecular weight is 250 g/mol. The van der Waals surface area contributed by atoms with Gasteiger partial charge in [-0.1, -0.05) is 0 Å². The van der Waals surface area contributed by atoms with Crippen molar-refractivity contribution in [1.82, 2.24) is 4.98 Å². The van der Waals surface area contributed by atoms with Gasteiger partial charge in [0.1, 0.15) is 0 Å². The third kappa shape index (κ3) is 2.00. The summed E-state index contributed by atoms with van der Waals surface area (Å²) in [6, 6.07) is 0. The highest BCUT2D eigenvalue weighted by Gasteiger charge is 2.52. The van der Waals surface area contributed by atoms with E-state index in [0.29, 0.717) is 16.7 Å². The summed E-state index contributed by atoms with van der Waals surface area (Å²) in [7, 11) is -0.548. The molecule has 0 spiro atoms. The van der Waals surface area contributed by atoms with Crippen LogP contribution in [0.5, 0.6) is 0 Å². The predicted molar refractivity (Wildman–Crippen MR) is 70.3 cm³/mol. The molecule has 0 radical (unpaired) electrons. The summed E-state index contributed by atoms with van der Waals surface area (Å²) in [5, 5.41) is 9.40. The van der Waals surface area contributed by atoms with Gasteiger partial charge in [0.05, 0.1) is 29.7 Å². The third-order valence-electron chi connectivity index (χ3n) is 3.79. The number of aliphatic hydroxyl groups is 1. The second-order valence-electron chi connectivity index (χ2n) is 5.54. The molecule has 1 fully saturated rings. The van der Waals surface area contributed by atoms with Gasteiger partial charge in [0.25, 0.3) is 0 Å². The van der Waals surface area contributed by atoms with Gasteiger partial charge in [-0.3, -0.25) is 4.98 Å². The molecule has 0 aromatic carbocycles. The van der Waals surface area contributed by atoms with E-state index >= 15 is 0 Å². The lowest BCUT2D eigenvalue weighted by Gasteiger charge is -2.32. The number of aliphatic hydroxyl groups excluding tert-OH is 1. The number of nitrogen functional groups attached to an aromatic ring is 1. The van der Waals surface area contributed by atoms with Crippen molar-refractivity contribution in [2.24, 2.45) is 0 Å². The number of nitrogens with two attached hydrogens (primary N) is 1. The van der Waals surface area contributed by atoms with Crippen molar-refractivity contribution in [2.45, 2.75) is 45.5 Å². The molecule has 0 bridgehead atoms. The largest absolute Gasteiger partial charge is 0.496 e. The molecule has 1 aliphatic rings. The lowest BCUT2D eigenvalue weighted by Crippen LogP contribution is -2.41. The molecule has 0 atom stereocenters. The second kappa shape index (κ2) is 4.22. The predicted octanol–water partition coefficient (Wildman–Crippen LogP) is 0.455. The quantitative estimate of drug-likeness (QED) is 0.745. The van der Waals surface area contributed by atoms with E-state index < -0.39 is 18.3 Å². The Kier molecular flexibility index (Phi) is 3.13. The maximum Gasteiger partial charge on any atom is 0.496 e. The van der Waals surface area contributed by atoms with Gasteiger partial charge in [0.2, 0.25) is 0 Å². The van der Waals surface area contributed by atoms with Crippen LogP contribution in [-0.2, 0) is 15.9 Å². The van der Waals surface area contributed by atoms with Gasteiger partial charge < -0.3 is 20.1 Å². The molecule has 18 heavy (non-hydrogen) atoms. The van der Waals surface area contributed by atoms with Crippen LogP contribution in [0.25, 0.3) is 0 Å². The minimum atomic E-state index is -0.548. The van der Waals surface area contributed by atoms with E-state index in [1.54, 1.807) is 6.20 Å². The van der Waals surface area contributed by atoms with Crippen LogP contribution >= 0.6 is 0 Å². The van der Waals surface area contributed by atoms with Crippen LogP contribution in [0.2, 0.25) is 0 Å². The minimum absolute atomic E-state index is 0.159. The first kappa shape index (κ1) is 13.3. The zero-order valence-electron chi connectivity index (χ0n) is 11.2. The van der Waals surface area contributed by atoms with Crippen molar-refractivity contribution in [3.05, 3.63) is 18.0 Å². The van der Waals surface area contributed by atoms with E-state index in [2.05, 4.69) is 4.98 Å². The topological polar surface area (TPSA) is 77.6 Å². The molecule has 6 heteroatoms. The highest BCUT2D eigenvalue weighted by Crippen LogP contribution is 2.36. The summed E-state index contributed by atoms with van der Waals surface area (Å²) in [6.45, 7) is 7.75. The summed E-state index contributed by atoms with van der Waals surface area (Å²) in [5.41, 5.74) is 6.71. The number of hydrogen-bond acceptors (Lipinski definition) is 5. The van der Waals surface area contributed by atoms with Gasteiger partial charge in [-0.2, -0.15) is 0 Å². The molecular weight excluding hydrogens is 231 g/mol. The van der Waals surface area contributed by atoms with E-state index in [0.717, 1.165) is 0 Å². The Hall–Kier alpha value is -1.11. The van der Waals surface area contributed by atoms with Gasteiger partial charge in [0, 0.05) is 17.2 Å². The van der Waals surface area contributed by atoms with E-state index in [-0.39, 0.29) is 6.61 Å². The Morgan fingerprint density at radius 1 is 1.22 bits per heavy atom. The highest BCUT2D eigenvalue weighted by atomic mass is 16.7. The van der Waals surface area contributed by atoms with Gasteiger partial charge >= 0.3 is 7.12 Å². The third-order valence-corrected chi connectivity index (χ3v) is 3.79. The van der Waals surface area contributed by atoms with Crippen LogP contribution < -0.4 is 11.2 Å². The Morgan fingerprint density at radius 3 is 2.28 bits per heavy atom. The molecule has 98 valence electrons. The van der Waals surface area contributed by atoms with Crippen LogP contribution in [0, 0.1) is 0 Å². The maximum atomic E-state index is 9.40. The second-order valence-corrected chi connectivity index (χ2v) is 5.54. The van der Waals surface area contributed by atoms with Gasteiger partial charge in [-0.25, -0.2) is 0 Å². The molecule has 3 N–H and O–H groups in total. The molecular formula is C12H19BN2O3. The maximum absolute atomic E-state index is 9.40. The molecule has 1 aromatic rings. The van der Waals surface area contributed by atoms with Crippen LogP contribution in [0.15, 0.2) is 12.4 Å². The van der Waals surface area contributed by atoms with Crippen molar-refractivity contribution in [1.29, 1.82) is 0 Å². The van der Waals surface area contributed by atoms with Crippen LogP contribution in [0.3, 0.4) is 0 Å². The van der Waals surface area contributed by atoms with Crippen molar-refractivity contribution >= 4 is 18.3 Å². The minimum Gasteiger partial charge on any atom is -0.399 e. The highest BCUT2D eigenvalue weighted by molar-refractivity contribution is 6.62. The first-order chi connectivity index (χ1) is 8.28. The molecule has 1 aliphatic heterocycles. The zero-order valence-corrected chi connectivity index (χ0v) is 11.2. The molecule has 0 unspecified atom stereocenters. The van der Waals surface area contributed by atoms with E-state index in [1.807, 2.05) is 27.7 Å². The lowest BCUT2D eigenvalue weighted by molar-refractivity contribution is 0.00578. The van der Waals surface area contributed by atoms with Gasteiger partial charge in [-0.15, -0.1) is 0 Å². The molecule has 1 saturated heterocycles. The lowest BCUT2D eigenvalue weighted by atomic mass is 9.77. The molecule has 2 rings (SSSR count). The number of aromatic nitrogens is 1. The fourth-order valence-electron chi connectivity index (χ4n) is 1.88. The summed E-state index contributed by atoms with van der Waals surface area (Å²) in [4.78, 5) is 4.04. The SMILES string of the molecule is CC1(C)OB(c2cncc(N)c2CO)OC1(C)C. The normalized spacial score (nSPS) is 21.3. The van der Waals surface area contributed by atoms with E-state index in [9.17, 15) is 5.11 Å². The molecule has 0 saturated carbocycles. The summed E-state index contributed by atoms with van der Waals surface area (Å²) >= 11 is 0. The fourth-order valence-corrected chi connectivity index (χ4v) is 1.88. The Bertz CT molecular complexity index is 447. The Balaban J connectivity index is 2.38. The summed E-state index contributed by atoms with van der Waals surface area (Å²) < 4.78 is 11.8. The number of nitrogens with zero attached hydrogens (tertiary/aromatic N) is 1. The number of hydrogen-bond donors (Lipinski definition) is 2. The van der Waals surface area contributed by atoms with Crippen LogP contribution in [-0.4, -0.2) is 28.4 Å². The fraction of sp³-hybridized carbons (Fsp3) is 0.583. The molecule has 0 aliphatic carbocycles. The smallest absolute Gasteiger partial charge is 0.399 e. The van der Waals surface area contributed by atoms with Crippen molar-refractivity contribution < 1.29 is 14.4 Å². The molecule has 1 aromatic heterocycles. The first-order valence-corrected chi connectivity index (χ1v) is 5.97. The summed E-state index contributed by atoms with van der Waals surface area (Å²) in [6.07, 6.45) is 3.14. The van der Waals surface area contributed by atoms with Crippen LogP contribution in [0.1, 0.15) is 33.3 Å². The Morgan fingerprint density at radius 2 is 1.78 bits per heavy atom. The average Bonchev–Trinajstić information content (AvgIpc) is 2.47. The molecule has 2 heterocycles. The first-order valence-electron chi connectivity index (χ1n) is 5.97. The summed E-state index contributed by atoms with van der Waals surface area (Å²) in [5.74, 6) is 0. The molecule has 5 nitrogen and oxygen atoms in total. The van der Waals surface area contributed by atoms with Crippen molar-refractivity contribution in [3.8, 4) is 0 Å². The van der Waals surface area contributed by atoms with Crippen LogP contribution in [0.4, 0.5) is 5.69 Å². The van der Waals surface area contributed by atoms with E-state index in [1.165, 1.54) is 6.20 Å². The monoisotopic (exact) mass is 250 g/mol. The number of rotatable bonds is 2. The number of pyridine rings is 1. The molecule has 0 amide bonds. The van der Waals surface area contributed by atoms with Gasteiger partial charge in [-0.05, 0) is 27.7 Å². The number of anilines is 1. The van der Waals surface area contributed by atoms with Gasteiger partial charge in [0.15, 0.2) is 0 Å². The Labute approximate surface area is 107 Å².